The predicted octanol–water partition coefficient (Wildman–Crippen LogP) is 0.701. The summed E-state index contributed by atoms with van der Waals surface area (Å²) in [5.41, 5.74) is 6.32. The second kappa shape index (κ2) is 6.47. The largest absolute Gasteiger partial charge is 0.366 e. The molecule has 7 heteroatoms. The average molecular weight is 305 g/mol. The van der Waals surface area contributed by atoms with Crippen molar-refractivity contribution in [2.75, 3.05) is 6.54 Å². The van der Waals surface area contributed by atoms with Crippen LogP contribution in [0.5, 0.6) is 0 Å². The van der Waals surface area contributed by atoms with Crippen LogP contribution in [-0.2, 0) is 16.4 Å². The molecule has 0 unspecified atom stereocenters. The lowest BCUT2D eigenvalue weighted by Gasteiger charge is -2.07. The van der Waals surface area contributed by atoms with Crippen LogP contribution in [0.2, 0.25) is 0 Å². The Hall–Kier alpha value is -2.25. The van der Waals surface area contributed by atoms with Crippen molar-refractivity contribution in [3.63, 3.8) is 0 Å². The molecule has 21 heavy (non-hydrogen) atoms. The highest BCUT2D eigenvalue weighted by Crippen LogP contribution is 2.10. The Balaban J connectivity index is 2.00. The molecule has 6 nitrogen and oxygen atoms in total. The van der Waals surface area contributed by atoms with Crippen molar-refractivity contribution in [2.45, 2.75) is 11.3 Å². The molecule has 1 aromatic heterocycles. The molecule has 0 saturated heterocycles. The summed E-state index contributed by atoms with van der Waals surface area (Å²) in [6, 6.07) is 9.16. The number of pyridine rings is 1. The van der Waals surface area contributed by atoms with Crippen LogP contribution >= 0.6 is 0 Å². The first-order chi connectivity index (χ1) is 9.99. The maximum Gasteiger partial charge on any atom is 0.248 e. The minimum Gasteiger partial charge on any atom is -0.366 e. The lowest BCUT2D eigenvalue weighted by molar-refractivity contribution is 0.1000. The monoisotopic (exact) mass is 305 g/mol. The SMILES string of the molecule is NC(=O)c1ccc(S(=O)(=O)NCCc2cccnc2)cc1. The second-order valence-corrected chi connectivity index (χ2v) is 6.16. The molecule has 0 aliphatic rings. The fourth-order valence-corrected chi connectivity index (χ4v) is 2.79. The van der Waals surface area contributed by atoms with Crippen LogP contribution in [0.15, 0.2) is 53.7 Å². The maximum atomic E-state index is 12.1. The number of nitrogens with zero attached hydrogens (tertiary/aromatic N) is 1. The summed E-state index contributed by atoms with van der Waals surface area (Å²) in [4.78, 5) is 15.0. The molecule has 0 aliphatic carbocycles. The van der Waals surface area contributed by atoms with Gasteiger partial charge in [0.25, 0.3) is 0 Å². The second-order valence-electron chi connectivity index (χ2n) is 4.40. The molecule has 0 fully saturated rings. The highest BCUT2D eigenvalue weighted by atomic mass is 32.2. The summed E-state index contributed by atoms with van der Waals surface area (Å²) < 4.78 is 26.6. The zero-order chi connectivity index (χ0) is 15.3. The summed E-state index contributed by atoms with van der Waals surface area (Å²) in [5, 5.41) is 0. The summed E-state index contributed by atoms with van der Waals surface area (Å²) in [7, 11) is -3.60. The first-order valence-corrected chi connectivity index (χ1v) is 7.76. The first kappa shape index (κ1) is 15.1. The van der Waals surface area contributed by atoms with Gasteiger partial charge in [0, 0.05) is 24.5 Å². The number of aromatic nitrogens is 1. The summed E-state index contributed by atoms with van der Waals surface area (Å²) >= 11 is 0. The zero-order valence-corrected chi connectivity index (χ0v) is 12.0. The van der Waals surface area contributed by atoms with E-state index in [2.05, 4.69) is 9.71 Å². The number of benzene rings is 1. The molecule has 1 amide bonds. The standard InChI is InChI=1S/C14H15N3O3S/c15-14(18)12-3-5-13(6-4-12)21(19,20)17-9-7-11-2-1-8-16-10-11/h1-6,8,10,17H,7,9H2,(H2,15,18). The fourth-order valence-electron chi connectivity index (χ4n) is 1.76. The van der Waals surface area contributed by atoms with Crippen LogP contribution < -0.4 is 10.5 Å². The smallest absolute Gasteiger partial charge is 0.248 e. The number of rotatable bonds is 6. The third kappa shape index (κ3) is 4.11. The van der Waals surface area contributed by atoms with Gasteiger partial charge in [-0.3, -0.25) is 9.78 Å². The third-order valence-corrected chi connectivity index (χ3v) is 4.35. The molecule has 0 radical (unpaired) electrons. The molecule has 0 bridgehead atoms. The molecular weight excluding hydrogens is 290 g/mol. The Bertz CT molecular complexity index is 713. The molecule has 2 aromatic rings. The fraction of sp³-hybridized carbons (Fsp3) is 0.143. The maximum absolute atomic E-state index is 12.1. The van der Waals surface area contributed by atoms with Crippen molar-refractivity contribution in [1.29, 1.82) is 0 Å². The van der Waals surface area contributed by atoms with Crippen molar-refractivity contribution >= 4 is 15.9 Å². The van der Waals surface area contributed by atoms with Gasteiger partial charge in [0.2, 0.25) is 15.9 Å². The molecule has 2 rings (SSSR count). The molecule has 0 spiro atoms. The number of sulfonamides is 1. The molecular formula is C14H15N3O3S. The van der Waals surface area contributed by atoms with E-state index in [1.54, 1.807) is 18.5 Å². The van der Waals surface area contributed by atoms with Gasteiger partial charge in [0.1, 0.15) is 0 Å². The quantitative estimate of drug-likeness (QED) is 0.820. The van der Waals surface area contributed by atoms with E-state index in [0.29, 0.717) is 6.42 Å². The lowest BCUT2D eigenvalue weighted by Crippen LogP contribution is -2.26. The Morgan fingerprint density at radius 1 is 1.19 bits per heavy atom. The van der Waals surface area contributed by atoms with E-state index in [4.69, 9.17) is 5.73 Å². The van der Waals surface area contributed by atoms with Gasteiger partial charge in [-0.1, -0.05) is 6.07 Å². The summed E-state index contributed by atoms with van der Waals surface area (Å²) in [6.07, 6.45) is 3.90. The Morgan fingerprint density at radius 3 is 2.48 bits per heavy atom. The van der Waals surface area contributed by atoms with Crippen molar-refractivity contribution < 1.29 is 13.2 Å². The lowest BCUT2D eigenvalue weighted by atomic mass is 10.2. The Labute approximate surface area is 123 Å². The molecule has 1 aromatic carbocycles. The number of hydrogen-bond donors (Lipinski definition) is 2. The van der Waals surface area contributed by atoms with Gasteiger partial charge in [-0.15, -0.1) is 0 Å². The minimum atomic E-state index is -3.60. The Morgan fingerprint density at radius 2 is 1.90 bits per heavy atom. The Kier molecular flexibility index (Phi) is 4.66. The van der Waals surface area contributed by atoms with Gasteiger partial charge in [0.15, 0.2) is 0 Å². The molecule has 0 saturated carbocycles. The van der Waals surface area contributed by atoms with Gasteiger partial charge in [-0.25, -0.2) is 13.1 Å². The highest BCUT2D eigenvalue weighted by molar-refractivity contribution is 7.89. The molecule has 3 N–H and O–H groups in total. The molecule has 1 heterocycles. The van der Waals surface area contributed by atoms with Gasteiger partial charge in [-0.05, 0) is 42.3 Å². The molecule has 110 valence electrons. The van der Waals surface area contributed by atoms with Crippen LogP contribution in [0.1, 0.15) is 15.9 Å². The number of primary amides is 1. The van der Waals surface area contributed by atoms with E-state index in [0.717, 1.165) is 5.56 Å². The van der Waals surface area contributed by atoms with E-state index in [9.17, 15) is 13.2 Å². The van der Waals surface area contributed by atoms with E-state index in [-0.39, 0.29) is 17.0 Å². The summed E-state index contributed by atoms with van der Waals surface area (Å²) in [5.74, 6) is -0.594. The number of carbonyl (C=O) groups excluding carboxylic acids is 1. The number of carbonyl (C=O) groups is 1. The zero-order valence-electron chi connectivity index (χ0n) is 11.2. The van der Waals surface area contributed by atoms with E-state index < -0.39 is 15.9 Å². The first-order valence-electron chi connectivity index (χ1n) is 6.27. The van der Waals surface area contributed by atoms with E-state index in [1.807, 2.05) is 6.07 Å². The van der Waals surface area contributed by atoms with Crippen molar-refractivity contribution in [3.8, 4) is 0 Å². The number of nitrogens with one attached hydrogen (secondary N) is 1. The van der Waals surface area contributed by atoms with E-state index >= 15 is 0 Å². The van der Waals surface area contributed by atoms with Crippen LogP contribution in [0.3, 0.4) is 0 Å². The van der Waals surface area contributed by atoms with Crippen molar-refractivity contribution in [3.05, 3.63) is 59.9 Å². The normalized spacial score (nSPS) is 11.2. The highest BCUT2D eigenvalue weighted by Gasteiger charge is 2.13. The topological polar surface area (TPSA) is 102 Å². The third-order valence-electron chi connectivity index (χ3n) is 2.88. The predicted molar refractivity (Wildman–Crippen MR) is 78.1 cm³/mol. The van der Waals surface area contributed by atoms with Gasteiger partial charge in [0.05, 0.1) is 4.90 Å². The van der Waals surface area contributed by atoms with Crippen molar-refractivity contribution in [2.24, 2.45) is 5.73 Å². The van der Waals surface area contributed by atoms with Crippen LogP contribution in [0.25, 0.3) is 0 Å². The van der Waals surface area contributed by atoms with Crippen LogP contribution in [-0.4, -0.2) is 25.9 Å². The average Bonchev–Trinajstić information content (AvgIpc) is 2.48. The molecule has 0 aliphatic heterocycles. The molecule has 0 atom stereocenters. The number of amides is 1. The van der Waals surface area contributed by atoms with Gasteiger partial charge >= 0.3 is 0 Å². The van der Waals surface area contributed by atoms with Gasteiger partial charge < -0.3 is 5.73 Å². The van der Waals surface area contributed by atoms with Crippen molar-refractivity contribution in [1.82, 2.24) is 9.71 Å². The van der Waals surface area contributed by atoms with Gasteiger partial charge in [-0.2, -0.15) is 0 Å². The van der Waals surface area contributed by atoms with E-state index in [1.165, 1.54) is 24.3 Å². The summed E-state index contributed by atoms with van der Waals surface area (Å²) in [6.45, 7) is 0.269. The number of hydrogen-bond acceptors (Lipinski definition) is 4. The van der Waals surface area contributed by atoms with Crippen LogP contribution in [0.4, 0.5) is 0 Å². The van der Waals surface area contributed by atoms with Crippen LogP contribution in [0, 0.1) is 0 Å². The number of nitrogens with two attached hydrogens (primary N) is 1. The minimum absolute atomic E-state index is 0.0960.